The van der Waals surface area contributed by atoms with Crippen LogP contribution in [0.3, 0.4) is 0 Å². The lowest BCUT2D eigenvalue weighted by molar-refractivity contribution is 0.174. The van der Waals surface area contributed by atoms with E-state index in [0.29, 0.717) is 11.5 Å². The Bertz CT molecular complexity index is 569. The first kappa shape index (κ1) is 10.9. The fraction of sp³-hybridized carbons (Fsp3) is 0.455. The van der Waals surface area contributed by atoms with Crippen molar-refractivity contribution in [3.63, 3.8) is 0 Å². The van der Waals surface area contributed by atoms with E-state index >= 15 is 0 Å². The molecule has 1 fully saturated rings. The van der Waals surface area contributed by atoms with Gasteiger partial charge in [0.1, 0.15) is 0 Å². The quantitative estimate of drug-likeness (QED) is 0.819. The van der Waals surface area contributed by atoms with Gasteiger partial charge in [-0.1, -0.05) is 6.07 Å². The predicted octanol–water partition coefficient (Wildman–Crippen LogP) is 0.253. The van der Waals surface area contributed by atoms with E-state index in [9.17, 15) is 8.42 Å². The minimum Gasteiger partial charge on any atom is -0.454 e. The number of fused-ring (bicyclic) bond motifs is 1. The van der Waals surface area contributed by atoms with E-state index < -0.39 is 15.1 Å². The second kappa shape index (κ2) is 3.36. The summed E-state index contributed by atoms with van der Waals surface area (Å²) in [6.45, 7) is 0.213. The molecule has 1 aromatic rings. The average Bonchev–Trinajstić information content (AvgIpc) is 2.73. The molecule has 0 amide bonds. The fourth-order valence-electron chi connectivity index (χ4n) is 2.39. The average molecular weight is 255 g/mol. The van der Waals surface area contributed by atoms with Crippen LogP contribution in [0.5, 0.6) is 11.5 Å². The van der Waals surface area contributed by atoms with Gasteiger partial charge in [0.25, 0.3) is 0 Å². The van der Waals surface area contributed by atoms with Crippen molar-refractivity contribution >= 4 is 9.84 Å². The lowest BCUT2D eigenvalue weighted by Crippen LogP contribution is -2.13. The van der Waals surface area contributed by atoms with E-state index in [4.69, 9.17) is 15.2 Å². The summed E-state index contributed by atoms with van der Waals surface area (Å²) in [5.74, 6) is 1.23. The maximum atomic E-state index is 11.5. The first-order valence-corrected chi connectivity index (χ1v) is 7.28. The molecule has 0 aromatic heterocycles. The molecule has 0 saturated heterocycles. The van der Waals surface area contributed by atoms with E-state index in [-0.39, 0.29) is 18.8 Å². The van der Waals surface area contributed by atoms with E-state index in [1.807, 2.05) is 12.1 Å². The van der Waals surface area contributed by atoms with Crippen LogP contribution in [-0.2, 0) is 9.84 Å². The lowest BCUT2D eigenvalue weighted by Gasteiger charge is -2.01. The number of nitrogens with two attached hydrogens (primary N) is 1. The van der Waals surface area contributed by atoms with Crippen molar-refractivity contribution in [1.29, 1.82) is 0 Å². The highest BCUT2D eigenvalue weighted by Gasteiger charge is 2.55. The second-order valence-corrected chi connectivity index (χ2v) is 6.71. The Morgan fingerprint density at radius 2 is 2.00 bits per heavy atom. The Balaban J connectivity index is 1.92. The molecule has 0 radical (unpaired) electrons. The largest absolute Gasteiger partial charge is 0.454 e. The summed E-state index contributed by atoms with van der Waals surface area (Å²) < 4.78 is 33.4. The third kappa shape index (κ3) is 1.68. The Hall–Kier alpha value is -1.27. The molecule has 3 atom stereocenters. The summed E-state index contributed by atoms with van der Waals surface area (Å²) in [6, 6.07) is 5.15. The molecular weight excluding hydrogens is 242 g/mol. The van der Waals surface area contributed by atoms with Crippen LogP contribution in [0.25, 0.3) is 0 Å². The summed E-state index contributed by atoms with van der Waals surface area (Å²) >= 11 is 0. The molecule has 1 aromatic carbocycles. The molecule has 1 saturated carbocycles. The van der Waals surface area contributed by atoms with Crippen LogP contribution in [0.15, 0.2) is 18.2 Å². The first-order valence-electron chi connectivity index (χ1n) is 5.32. The van der Waals surface area contributed by atoms with E-state index in [1.54, 1.807) is 6.07 Å². The fourth-order valence-corrected chi connectivity index (χ4v) is 3.91. The Labute approximate surface area is 99.4 Å². The summed E-state index contributed by atoms with van der Waals surface area (Å²) in [5, 5.41) is -0.470. The highest BCUT2D eigenvalue weighted by Crippen LogP contribution is 2.47. The molecule has 0 bridgehead atoms. The van der Waals surface area contributed by atoms with Crippen LogP contribution in [0.4, 0.5) is 0 Å². The van der Waals surface area contributed by atoms with Gasteiger partial charge in [0.15, 0.2) is 21.3 Å². The molecule has 1 aliphatic heterocycles. The number of benzene rings is 1. The molecule has 92 valence electrons. The zero-order valence-corrected chi connectivity index (χ0v) is 10.1. The number of hydrogen-bond acceptors (Lipinski definition) is 5. The third-order valence-electron chi connectivity index (χ3n) is 3.28. The Morgan fingerprint density at radius 3 is 2.65 bits per heavy atom. The number of rotatable bonds is 2. The predicted molar refractivity (Wildman–Crippen MR) is 61.9 cm³/mol. The second-order valence-electron chi connectivity index (χ2n) is 4.51. The van der Waals surface area contributed by atoms with E-state index in [2.05, 4.69) is 0 Å². The van der Waals surface area contributed by atoms with Crippen molar-refractivity contribution in [3.8, 4) is 11.5 Å². The summed E-state index contributed by atoms with van der Waals surface area (Å²) in [5.41, 5.74) is 6.72. The van der Waals surface area contributed by atoms with Crippen LogP contribution in [0.1, 0.15) is 11.5 Å². The third-order valence-corrected chi connectivity index (χ3v) is 4.88. The van der Waals surface area contributed by atoms with Crippen molar-refractivity contribution in [1.82, 2.24) is 0 Å². The van der Waals surface area contributed by atoms with Crippen LogP contribution in [0, 0.1) is 0 Å². The normalized spacial score (nSPS) is 30.4. The maximum absolute atomic E-state index is 11.5. The SMILES string of the molecule is CS(=O)(=O)[C@@H]1[C@H](N)[C@H]1c1ccc2c(c1)OCO2. The molecule has 2 N–H and O–H groups in total. The molecule has 17 heavy (non-hydrogen) atoms. The topological polar surface area (TPSA) is 78.6 Å². The maximum Gasteiger partial charge on any atom is 0.231 e. The van der Waals surface area contributed by atoms with E-state index in [1.165, 1.54) is 6.26 Å². The van der Waals surface area contributed by atoms with Crippen LogP contribution < -0.4 is 15.2 Å². The van der Waals surface area contributed by atoms with Gasteiger partial charge in [0.2, 0.25) is 6.79 Å². The molecule has 1 heterocycles. The van der Waals surface area contributed by atoms with Gasteiger partial charge in [-0.25, -0.2) is 8.42 Å². The molecule has 1 aliphatic carbocycles. The molecule has 0 unspecified atom stereocenters. The number of sulfone groups is 1. The van der Waals surface area contributed by atoms with Crippen LogP contribution in [-0.4, -0.2) is 32.8 Å². The van der Waals surface area contributed by atoms with Gasteiger partial charge in [-0.2, -0.15) is 0 Å². The summed E-state index contributed by atoms with van der Waals surface area (Å²) in [4.78, 5) is 0. The van der Waals surface area contributed by atoms with E-state index in [0.717, 1.165) is 5.56 Å². The van der Waals surface area contributed by atoms with Gasteiger partial charge >= 0.3 is 0 Å². The van der Waals surface area contributed by atoms with Crippen LogP contribution >= 0.6 is 0 Å². The lowest BCUT2D eigenvalue weighted by atomic mass is 10.1. The number of ether oxygens (including phenoxy) is 2. The van der Waals surface area contributed by atoms with Gasteiger partial charge in [-0.3, -0.25) is 0 Å². The van der Waals surface area contributed by atoms with Crippen molar-refractivity contribution in [2.45, 2.75) is 17.2 Å². The molecular formula is C11H13NO4S. The van der Waals surface area contributed by atoms with Crippen molar-refractivity contribution in [2.75, 3.05) is 13.0 Å². The van der Waals surface area contributed by atoms with Gasteiger partial charge in [0.05, 0.1) is 5.25 Å². The molecule has 6 heteroatoms. The number of hydrogen-bond donors (Lipinski definition) is 1. The first-order chi connectivity index (χ1) is 7.98. The molecule has 0 spiro atoms. The standard InChI is InChI=1S/C11H13NO4S/c1-17(13,14)11-9(10(11)12)6-2-3-7-8(4-6)16-5-15-7/h2-4,9-11H,5,12H2,1H3/t9-,10-,11+/m1/s1. The Kier molecular flexibility index (Phi) is 2.15. The smallest absolute Gasteiger partial charge is 0.231 e. The minimum atomic E-state index is -3.09. The zero-order chi connectivity index (χ0) is 12.2. The highest BCUT2D eigenvalue weighted by atomic mass is 32.2. The minimum absolute atomic E-state index is 0.125. The van der Waals surface area contributed by atoms with Gasteiger partial charge < -0.3 is 15.2 Å². The highest BCUT2D eigenvalue weighted by molar-refractivity contribution is 7.91. The van der Waals surface area contributed by atoms with Gasteiger partial charge in [-0.15, -0.1) is 0 Å². The Morgan fingerprint density at radius 1 is 1.29 bits per heavy atom. The zero-order valence-electron chi connectivity index (χ0n) is 9.29. The van der Waals surface area contributed by atoms with Crippen molar-refractivity contribution in [3.05, 3.63) is 23.8 Å². The van der Waals surface area contributed by atoms with Crippen LogP contribution in [0.2, 0.25) is 0 Å². The van der Waals surface area contributed by atoms with Gasteiger partial charge in [-0.05, 0) is 17.7 Å². The molecule has 2 aliphatic rings. The monoisotopic (exact) mass is 255 g/mol. The summed E-state index contributed by atoms with van der Waals surface area (Å²) in [6.07, 6.45) is 1.23. The molecule has 3 rings (SSSR count). The van der Waals surface area contributed by atoms with Crippen molar-refractivity contribution < 1.29 is 17.9 Å². The molecule has 5 nitrogen and oxygen atoms in total. The van der Waals surface area contributed by atoms with Crippen molar-refractivity contribution in [2.24, 2.45) is 5.73 Å². The summed E-state index contributed by atoms with van der Waals surface area (Å²) in [7, 11) is -3.09. The van der Waals surface area contributed by atoms with Gasteiger partial charge in [0, 0.05) is 18.2 Å².